The summed E-state index contributed by atoms with van der Waals surface area (Å²) in [5, 5.41) is 23.6. The minimum atomic E-state index is -0.782. The molecule has 0 aliphatic heterocycles. The second-order valence-corrected chi connectivity index (χ2v) is 16.5. The normalized spacial score (nSPS) is 13.4. The Balaban J connectivity index is 4.58. The predicted molar refractivity (Wildman–Crippen MR) is 232 cm³/mol. The highest BCUT2D eigenvalue weighted by molar-refractivity contribution is 5.77. The number of esters is 1. The maximum atomic E-state index is 13.1. The third kappa shape index (κ3) is 37.5. The first-order valence-corrected chi connectivity index (χ1v) is 23.9. The molecule has 1 amide bonds. The molecule has 0 aliphatic carbocycles. The summed E-state index contributed by atoms with van der Waals surface area (Å²) >= 11 is 0. The van der Waals surface area contributed by atoms with E-state index < -0.39 is 18.2 Å². The average molecular weight is 764 g/mol. The second-order valence-electron chi connectivity index (χ2n) is 16.5. The van der Waals surface area contributed by atoms with Gasteiger partial charge in [0.05, 0.1) is 25.2 Å². The molecule has 0 aromatic heterocycles. The molecule has 0 saturated carbocycles. The van der Waals surface area contributed by atoms with Gasteiger partial charge in [0, 0.05) is 6.42 Å². The van der Waals surface area contributed by atoms with E-state index >= 15 is 0 Å². The fourth-order valence-electron chi connectivity index (χ4n) is 7.43. The molecule has 3 N–H and O–H groups in total. The molecule has 0 aromatic rings. The maximum absolute atomic E-state index is 13.1. The van der Waals surface area contributed by atoms with Crippen LogP contribution in [0.25, 0.3) is 0 Å². The summed E-state index contributed by atoms with van der Waals surface area (Å²) in [4.78, 5) is 26.0. The van der Waals surface area contributed by atoms with Gasteiger partial charge in [-0.3, -0.25) is 9.59 Å². The van der Waals surface area contributed by atoms with E-state index in [1.807, 2.05) is 0 Å². The Morgan fingerprint density at radius 1 is 0.519 bits per heavy atom. The molecule has 6 nitrogen and oxygen atoms in total. The first kappa shape index (κ1) is 52.6. The van der Waals surface area contributed by atoms with E-state index in [2.05, 4.69) is 38.2 Å². The third-order valence-corrected chi connectivity index (χ3v) is 11.1. The highest BCUT2D eigenvalue weighted by atomic mass is 16.5. The molecule has 0 heterocycles. The Morgan fingerprint density at radius 3 is 1.33 bits per heavy atom. The molecule has 0 saturated heterocycles. The highest BCUT2D eigenvalue weighted by Gasteiger charge is 2.24. The Hall–Kier alpha value is -1.40. The fourth-order valence-corrected chi connectivity index (χ4v) is 7.43. The predicted octanol–water partition coefficient (Wildman–Crippen LogP) is 13.8. The van der Waals surface area contributed by atoms with Gasteiger partial charge in [0.25, 0.3) is 0 Å². The molecular formula is C48H93NO5. The van der Waals surface area contributed by atoms with Crippen LogP contribution in [0.5, 0.6) is 0 Å². The van der Waals surface area contributed by atoms with Crippen LogP contribution in [0, 0.1) is 0 Å². The van der Waals surface area contributed by atoms with Gasteiger partial charge in [-0.1, -0.05) is 206 Å². The maximum Gasteiger partial charge on any atom is 0.306 e. The van der Waals surface area contributed by atoms with Gasteiger partial charge in [-0.05, 0) is 51.4 Å². The molecule has 6 heteroatoms. The van der Waals surface area contributed by atoms with Gasteiger partial charge < -0.3 is 20.3 Å². The SMILES string of the molecule is CCCCCC/C=C\CCCCCCCC(CC(=O)NC(CO)C(O)CCCCCCCCCCCC)OC(=O)CCCCCCCCCCCCCC. The van der Waals surface area contributed by atoms with Gasteiger partial charge in [0.1, 0.15) is 6.10 Å². The van der Waals surface area contributed by atoms with Crippen molar-refractivity contribution in [1.29, 1.82) is 0 Å². The molecule has 3 unspecified atom stereocenters. The summed E-state index contributed by atoms with van der Waals surface area (Å²) in [7, 11) is 0. The number of unbranched alkanes of at least 4 members (excludes halogenated alkanes) is 29. The molecule has 54 heavy (non-hydrogen) atoms. The van der Waals surface area contributed by atoms with Gasteiger partial charge in [-0.25, -0.2) is 0 Å². The first-order chi connectivity index (χ1) is 26.5. The molecule has 0 spiro atoms. The molecule has 320 valence electrons. The van der Waals surface area contributed by atoms with E-state index in [4.69, 9.17) is 4.74 Å². The van der Waals surface area contributed by atoms with Crippen LogP contribution in [0.1, 0.15) is 258 Å². The van der Waals surface area contributed by atoms with Gasteiger partial charge in [-0.15, -0.1) is 0 Å². The van der Waals surface area contributed by atoms with E-state index in [0.717, 1.165) is 57.8 Å². The van der Waals surface area contributed by atoms with E-state index in [1.54, 1.807) is 0 Å². The van der Waals surface area contributed by atoms with Crippen molar-refractivity contribution in [2.24, 2.45) is 0 Å². The van der Waals surface area contributed by atoms with Crippen molar-refractivity contribution < 1.29 is 24.5 Å². The Bertz CT molecular complexity index is 817. The Labute approximate surface area is 336 Å². The minimum Gasteiger partial charge on any atom is -0.462 e. The monoisotopic (exact) mass is 764 g/mol. The highest BCUT2D eigenvalue weighted by Crippen LogP contribution is 2.18. The first-order valence-electron chi connectivity index (χ1n) is 23.9. The van der Waals surface area contributed by atoms with E-state index in [0.29, 0.717) is 19.3 Å². The minimum absolute atomic E-state index is 0.0781. The van der Waals surface area contributed by atoms with Gasteiger partial charge in [-0.2, -0.15) is 0 Å². The number of rotatable bonds is 43. The van der Waals surface area contributed by atoms with E-state index in [9.17, 15) is 19.8 Å². The molecule has 0 fully saturated rings. The quantitative estimate of drug-likeness (QED) is 0.0326. The Morgan fingerprint density at radius 2 is 0.889 bits per heavy atom. The zero-order chi connectivity index (χ0) is 39.6. The summed E-state index contributed by atoms with van der Waals surface area (Å²) in [5.74, 6) is -0.470. The number of carbonyl (C=O) groups excluding carboxylic acids is 2. The van der Waals surface area contributed by atoms with Crippen LogP contribution in [-0.2, 0) is 14.3 Å². The Kier molecular flexibility index (Phi) is 41.6. The van der Waals surface area contributed by atoms with Crippen LogP contribution >= 0.6 is 0 Å². The topological polar surface area (TPSA) is 95.9 Å². The number of aliphatic hydroxyl groups is 2. The van der Waals surface area contributed by atoms with Crippen molar-refractivity contribution in [3.8, 4) is 0 Å². The van der Waals surface area contributed by atoms with E-state index in [-0.39, 0.29) is 24.9 Å². The molecule has 0 aromatic carbocycles. The number of carbonyl (C=O) groups is 2. The second kappa shape index (κ2) is 42.7. The van der Waals surface area contributed by atoms with Crippen molar-refractivity contribution in [3.05, 3.63) is 12.2 Å². The van der Waals surface area contributed by atoms with Crippen molar-refractivity contribution in [1.82, 2.24) is 5.32 Å². The number of hydrogen-bond donors (Lipinski definition) is 3. The number of allylic oxidation sites excluding steroid dienone is 2. The number of amides is 1. The van der Waals surface area contributed by atoms with Crippen molar-refractivity contribution in [2.45, 2.75) is 277 Å². The van der Waals surface area contributed by atoms with Gasteiger partial charge >= 0.3 is 5.97 Å². The van der Waals surface area contributed by atoms with Gasteiger partial charge in [0.2, 0.25) is 5.91 Å². The van der Waals surface area contributed by atoms with Gasteiger partial charge in [0.15, 0.2) is 0 Å². The number of hydrogen-bond acceptors (Lipinski definition) is 5. The lowest BCUT2D eigenvalue weighted by Crippen LogP contribution is -2.46. The summed E-state index contributed by atoms with van der Waals surface area (Å²) < 4.78 is 5.91. The standard InChI is InChI=1S/C48H93NO5/c1-4-7-10-13-16-19-22-24-25-27-30-33-36-39-44(54-48(53)41-38-35-32-29-26-23-20-17-14-11-8-5-2)42-47(52)49-45(43-50)46(51)40-37-34-31-28-21-18-15-12-9-6-3/h19,22,44-46,50-51H,4-18,20-21,23-43H2,1-3H3,(H,49,52)/b22-19-. The molecule has 0 rings (SSSR count). The van der Waals surface area contributed by atoms with Crippen LogP contribution in [0.2, 0.25) is 0 Å². The van der Waals surface area contributed by atoms with E-state index in [1.165, 1.54) is 154 Å². The lowest BCUT2D eigenvalue weighted by molar-refractivity contribution is -0.151. The molecule has 0 aliphatic rings. The van der Waals surface area contributed by atoms with Crippen LogP contribution in [0.3, 0.4) is 0 Å². The van der Waals surface area contributed by atoms with Crippen LogP contribution in [-0.4, -0.2) is 46.9 Å². The molecule has 0 bridgehead atoms. The summed E-state index contributed by atoms with van der Waals surface area (Å²) in [5.41, 5.74) is 0. The summed E-state index contributed by atoms with van der Waals surface area (Å²) in [6, 6.07) is -0.695. The largest absolute Gasteiger partial charge is 0.462 e. The lowest BCUT2D eigenvalue weighted by atomic mass is 10.0. The number of nitrogens with one attached hydrogen (secondary N) is 1. The van der Waals surface area contributed by atoms with Crippen LogP contribution in [0.4, 0.5) is 0 Å². The van der Waals surface area contributed by atoms with Crippen molar-refractivity contribution in [3.63, 3.8) is 0 Å². The fraction of sp³-hybridized carbons (Fsp3) is 0.917. The zero-order valence-corrected chi connectivity index (χ0v) is 36.4. The average Bonchev–Trinajstić information content (AvgIpc) is 3.16. The van der Waals surface area contributed by atoms with Crippen LogP contribution in [0.15, 0.2) is 12.2 Å². The smallest absolute Gasteiger partial charge is 0.306 e. The number of ether oxygens (including phenoxy) is 1. The number of aliphatic hydroxyl groups excluding tert-OH is 2. The summed E-state index contributed by atoms with van der Waals surface area (Å²) in [6.45, 7) is 6.46. The van der Waals surface area contributed by atoms with Crippen molar-refractivity contribution in [2.75, 3.05) is 6.61 Å². The lowest BCUT2D eigenvalue weighted by Gasteiger charge is -2.24. The zero-order valence-electron chi connectivity index (χ0n) is 36.4. The molecule has 3 atom stereocenters. The summed E-state index contributed by atoms with van der Waals surface area (Å²) in [6.07, 6.45) is 45.5. The molecule has 0 radical (unpaired) electrons. The molecular weight excluding hydrogens is 671 g/mol. The van der Waals surface area contributed by atoms with Crippen molar-refractivity contribution >= 4 is 11.9 Å². The third-order valence-electron chi connectivity index (χ3n) is 11.1. The van der Waals surface area contributed by atoms with Crippen LogP contribution < -0.4 is 5.32 Å².